The molecule has 21 heavy (non-hydrogen) atoms. The lowest BCUT2D eigenvalue weighted by molar-refractivity contribution is 0.240. The molecular weight excluding hydrogens is 262 g/mol. The van der Waals surface area contributed by atoms with Crippen LogP contribution in [0.5, 0.6) is 0 Å². The van der Waals surface area contributed by atoms with Crippen LogP contribution in [-0.4, -0.2) is 33.4 Å². The number of aryl methyl sites for hydroxylation is 1. The first-order valence-corrected chi connectivity index (χ1v) is 7.42. The van der Waals surface area contributed by atoms with Gasteiger partial charge in [0, 0.05) is 19.8 Å². The Morgan fingerprint density at radius 2 is 2.29 bits per heavy atom. The van der Waals surface area contributed by atoms with Crippen LogP contribution in [0.15, 0.2) is 30.7 Å². The molecule has 0 unspecified atom stereocenters. The molecule has 1 fully saturated rings. The highest BCUT2D eigenvalue weighted by atomic mass is 15.2. The maximum absolute atomic E-state index is 4.65. The Labute approximate surface area is 125 Å². The molecule has 1 aliphatic heterocycles. The van der Waals surface area contributed by atoms with Crippen molar-refractivity contribution < 1.29 is 0 Å². The Bertz CT molecular complexity index is 613. The third-order valence-corrected chi connectivity index (χ3v) is 4.09. The molecule has 0 aliphatic carbocycles. The van der Waals surface area contributed by atoms with Crippen molar-refractivity contribution in [1.29, 1.82) is 0 Å². The number of nitrogens with one attached hydrogen (secondary N) is 1. The Hall–Kier alpha value is -2.01. The zero-order valence-electron chi connectivity index (χ0n) is 12.6. The van der Waals surface area contributed by atoms with Gasteiger partial charge in [0.2, 0.25) is 0 Å². The fraction of sp³-hybridized carbons (Fsp3) is 0.438. The molecule has 0 bridgehead atoms. The van der Waals surface area contributed by atoms with E-state index in [0.717, 1.165) is 36.7 Å². The summed E-state index contributed by atoms with van der Waals surface area (Å²) in [6.07, 6.45) is 7.84. The van der Waals surface area contributed by atoms with Crippen LogP contribution in [0, 0.1) is 6.92 Å². The van der Waals surface area contributed by atoms with Crippen molar-refractivity contribution in [2.75, 3.05) is 18.9 Å². The van der Waals surface area contributed by atoms with E-state index in [4.69, 9.17) is 0 Å². The average molecular weight is 283 g/mol. The van der Waals surface area contributed by atoms with Gasteiger partial charge in [-0.15, -0.1) is 0 Å². The molecule has 0 radical (unpaired) electrons. The van der Waals surface area contributed by atoms with Crippen LogP contribution in [0.4, 0.5) is 5.82 Å². The maximum atomic E-state index is 4.65. The van der Waals surface area contributed by atoms with Crippen LogP contribution < -0.4 is 5.32 Å². The van der Waals surface area contributed by atoms with Crippen molar-refractivity contribution in [3.05, 3.63) is 47.7 Å². The Morgan fingerprint density at radius 3 is 3.10 bits per heavy atom. The molecule has 1 aliphatic rings. The van der Waals surface area contributed by atoms with Gasteiger partial charge in [-0.1, -0.05) is 6.07 Å². The highest BCUT2D eigenvalue weighted by molar-refractivity contribution is 5.31. The van der Waals surface area contributed by atoms with Gasteiger partial charge in [0.25, 0.3) is 0 Å². The van der Waals surface area contributed by atoms with Crippen LogP contribution in [0.3, 0.4) is 0 Å². The van der Waals surface area contributed by atoms with Gasteiger partial charge in [0.15, 0.2) is 0 Å². The van der Waals surface area contributed by atoms with Crippen molar-refractivity contribution in [2.45, 2.75) is 32.4 Å². The molecule has 5 nitrogen and oxygen atoms in total. The van der Waals surface area contributed by atoms with Crippen molar-refractivity contribution in [3.63, 3.8) is 0 Å². The first-order chi connectivity index (χ1) is 10.3. The summed E-state index contributed by atoms with van der Waals surface area (Å²) < 4.78 is 0. The standard InChI is InChI=1S/C16H21N5/c1-12-5-3-7-19-14(12)11-21-8-4-6-15(21)13-9-18-10-16(17-2)20-13/h3,5,7,9-10,15H,4,6,8,11H2,1-2H3,(H,17,20)/t15-/m0/s1. The van der Waals surface area contributed by atoms with Gasteiger partial charge in [-0.2, -0.15) is 0 Å². The second-order valence-electron chi connectivity index (χ2n) is 5.47. The van der Waals surface area contributed by atoms with Crippen molar-refractivity contribution in [3.8, 4) is 0 Å². The molecule has 3 heterocycles. The zero-order chi connectivity index (χ0) is 14.7. The quantitative estimate of drug-likeness (QED) is 0.934. The van der Waals surface area contributed by atoms with Gasteiger partial charge in [-0.3, -0.25) is 14.9 Å². The van der Waals surface area contributed by atoms with Crippen LogP contribution in [-0.2, 0) is 6.54 Å². The fourth-order valence-electron chi connectivity index (χ4n) is 2.89. The van der Waals surface area contributed by atoms with Gasteiger partial charge in [0.05, 0.1) is 29.8 Å². The molecule has 2 aromatic heterocycles. The molecule has 1 saturated heterocycles. The van der Waals surface area contributed by atoms with Crippen LogP contribution in [0.2, 0.25) is 0 Å². The van der Waals surface area contributed by atoms with Crippen LogP contribution in [0.25, 0.3) is 0 Å². The lowest BCUT2D eigenvalue weighted by atomic mass is 10.1. The molecular formula is C16H21N5. The minimum Gasteiger partial charge on any atom is -0.372 e. The molecule has 3 rings (SSSR count). The average Bonchev–Trinajstić information content (AvgIpc) is 2.98. The minimum absolute atomic E-state index is 0.340. The molecule has 5 heteroatoms. The highest BCUT2D eigenvalue weighted by Gasteiger charge is 2.28. The first-order valence-electron chi connectivity index (χ1n) is 7.42. The molecule has 0 aromatic carbocycles. The number of anilines is 1. The highest BCUT2D eigenvalue weighted by Crippen LogP contribution is 2.32. The summed E-state index contributed by atoms with van der Waals surface area (Å²) in [6.45, 7) is 4.09. The van der Waals surface area contributed by atoms with Gasteiger partial charge >= 0.3 is 0 Å². The number of hydrogen-bond donors (Lipinski definition) is 1. The third kappa shape index (κ3) is 3.03. The van der Waals surface area contributed by atoms with E-state index in [1.807, 2.05) is 25.5 Å². The maximum Gasteiger partial charge on any atom is 0.144 e. The van der Waals surface area contributed by atoms with Gasteiger partial charge in [-0.05, 0) is 37.9 Å². The molecule has 1 atom stereocenters. The number of hydrogen-bond acceptors (Lipinski definition) is 5. The summed E-state index contributed by atoms with van der Waals surface area (Å²) in [5.74, 6) is 0.827. The fourth-order valence-corrected chi connectivity index (χ4v) is 2.89. The van der Waals surface area contributed by atoms with Crippen molar-refractivity contribution in [1.82, 2.24) is 19.9 Å². The lowest BCUT2D eigenvalue weighted by Gasteiger charge is -2.24. The van der Waals surface area contributed by atoms with Crippen molar-refractivity contribution in [2.24, 2.45) is 0 Å². The van der Waals surface area contributed by atoms with E-state index in [1.165, 1.54) is 12.0 Å². The summed E-state index contributed by atoms with van der Waals surface area (Å²) in [7, 11) is 1.87. The second-order valence-corrected chi connectivity index (χ2v) is 5.47. The SMILES string of the molecule is CNc1cncc([C@@H]2CCCN2Cc2ncccc2C)n1. The minimum atomic E-state index is 0.340. The number of rotatable bonds is 4. The molecule has 1 N–H and O–H groups in total. The first kappa shape index (κ1) is 13.9. The topological polar surface area (TPSA) is 53.9 Å². The van der Waals surface area contributed by atoms with Gasteiger partial charge < -0.3 is 5.32 Å². The summed E-state index contributed by atoms with van der Waals surface area (Å²) in [5.41, 5.74) is 3.45. The summed E-state index contributed by atoms with van der Waals surface area (Å²) >= 11 is 0. The normalized spacial score (nSPS) is 18.9. The second kappa shape index (κ2) is 6.18. The number of pyridine rings is 1. The lowest BCUT2D eigenvalue weighted by Crippen LogP contribution is -2.24. The van der Waals surface area contributed by atoms with E-state index in [1.54, 1.807) is 6.20 Å². The largest absolute Gasteiger partial charge is 0.372 e. The van der Waals surface area contributed by atoms with E-state index < -0.39 is 0 Å². The summed E-state index contributed by atoms with van der Waals surface area (Å²) in [4.78, 5) is 15.9. The van der Waals surface area contributed by atoms with E-state index in [0.29, 0.717) is 6.04 Å². The van der Waals surface area contributed by atoms with E-state index in [9.17, 15) is 0 Å². The Kier molecular flexibility index (Phi) is 4.10. The number of aromatic nitrogens is 3. The third-order valence-electron chi connectivity index (χ3n) is 4.09. The number of likely N-dealkylation sites (tertiary alicyclic amines) is 1. The van der Waals surface area contributed by atoms with Crippen LogP contribution >= 0.6 is 0 Å². The smallest absolute Gasteiger partial charge is 0.144 e. The van der Waals surface area contributed by atoms with Gasteiger partial charge in [-0.25, -0.2) is 4.98 Å². The summed E-state index contributed by atoms with van der Waals surface area (Å²) in [6, 6.07) is 4.45. The molecule has 110 valence electrons. The van der Waals surface area contributed by atoms with Crippen molar-refractivity contribution >= 4 is 5.82 Å². The summed E-state index contributed by atoms with van der Waals surface area (Å²) in [5, 5.41) is 3.06. The Morgan fingerprint density at radius 1 is 1.38 bits per heavy atom. The predicted molar refractivity (Wildman–Crippen MR) is 82.9 cm³/mol. The van der Waals surface area contributed by atoms with Crippen LogP contribution in [0.1, 0.15) is 35.8 Å². The van der Waals surface area contributed by atoms with E-state index in [-0.39, 0.29) is 0 Å². The molecule has 0 spiro atoms. The molecule has 2 aromatic rings. The van der Waals surface area contributed by atoms with Gasteiger partial charge in [0.1, 0.15) is 5.82 Å². The predicted octanol–water partition coefficient (Wildman–Crippen LogP) is 2.56. The number of nitrogens with zero attached hydrogens (tertiary/aromatic N) is 4. The molecule has 0 saturated carbocycles. The van der Waals surface area contributed by atoms with E-state index >= 15 is 0 Å². The zero-order valence-corrected chi connectivity index (χ0v) is 12.6. The Balaban J connectivity index is 1.80. The van der Waals surface area contributed by atoms with E-state index in [2.05, 4.69) is 38.2 Å². The molecule has 0 amide bonds. The monoisotopic (exact) mass is 283 g/mol.